The molecule has 0 bridgehead atoms. The van der Waals surface area contributed by atoms with Gasteiger partial charge in [-0.05, 0) is 33.2 Å². The lowest BCUT2D eigenvalue weighted by Gasteiger charge is -2.14. The second-order valence-corrected chi connectivity index (χ2v) is 5.33. The Morgan fingerprint density at radius 1 is 1.44 bits per heavy atom. The van der Waals surface area contributed by atoms with E-state index in [-0.39, 0.29) is 11.2 Å². The van der Waals surface area contributed by atoms with Crippen LogP contribution in [0.1, 0.15) is 18.1 Å². The van der Waals surface area contributed by atoms with Crippen molar-refractivity contribution in [3.05, 3.63) is 29.8 Å². The van der Waals surface area contributed by atoms with E-state index >= 15 is 0 Å². The zero-order chi connectivity index (χ0) is 13.3. The molecule has 3 nitrogen and oxygen atoms in total. The standard InChI is InChI=1S/C13H17ClFN3/c1-9(14)13-16-11-8-10(15)4-5-12(11)18(13)7-6-17(2)3/h4-5,8-9H,6-7H2,1-3H3. The molecule has 0 radical (unpaired) electrons. The van der Waals surface area contributed by atoms with Gasteiger partial charge < -0.3 is 9.47 Å². The number of fused-ring (bicyclic) bond motifs is 1. The van der Waals surface area contributed by atoms with Crippen LogP contribution in [-0.2, 0) is 6.54 Å². The van der Waals surface area contributed by atoms with Crippen LogP contribution in [0.25, 0.3) is 11.0 Å². The zero-order valence-corrected chi connectivity index (χ0v) is 11.6. The molecule has 0 fully saturated rings. The number of rotatable bonds is 4. The number of halogens is 2. The van der Waals surface area contributed by atoms with Crippen LogP contribution in [0.4, 0.5) is 4.39 Å². The van der Waals surface area contributed by atoms with Crippen LogP contribution in [0.5, 0.6) is 0 Å². The third-order valence-corrected chi connectivity index (χ3v) is 3.06. The second kappa shape index (κ2) is 5.24. The average Bonchev–Trinajstić information content (AvgIpc) is 2.64. The Morgan fingerprint density at radius 2 is 2.17 bits per heavy atom. The maximum absolute atomic E-state index is 13.2. The highest BCUT2D eigenvalue weighted by atomic mass is 35.5. The molecule has 5 heteroatoms. The molecule has 1 heterocycles. The molecule has 0 aliphatic rings. The summed E-state index contributed by atoms with van der Waals surface area (Å²) >= 11 is 6.14. The number of nitrogens with zero attached hydrogens (tertiary/aromatic N) is 3. The molecule has 0 saturated heterocycles. The predicted octanol–water partition coefficient (Wildman–Crippen LogP) is 3.04. The molecule has 1 aromatic carbocycles. The minimum absolute atomic E-state index is 0.192. The van der Waals surface area contributed by atoms with E-state index in [4.69, 9.17) is 11.6 Å². The van der Waals surface area contributed by atoms with Crippen molar-refractivity contribution in [2.24, 2.45) is 0 Å². The summed E-state index contributed by atoms with van der Waals surface area (Å²) in [5.74, 6) is 0.521. The highest BCUT2D eigenvalue weighted by molar-refractivity contribution is 6.20. The predicted molar refractivity (Wildman–Crippen MR) is 72.5 cm³/mol. The van der Waals surface area contributed by atoms with Gasteiger partial charge in [0.1, 0.15) is 11.6 Å². The van der Waals surface area contributed by atoms with Crippen LogP contribution < -0.4 is 0 Å². The first-order valence-electron chi connectivity index (χ1n) is 5.93. The highest BCUT2D eigenvalue weighted by Gasteiger charge is 2.15. The first kappa shape index (κ1) is 13.3. The molecule has 0 spiro atoms. The number of hydrogen-bond donors (Lipinski definition) is 0. The Bertz CT molecular complexity index is 548. The first-order valence-corrected chi connectivity index (χ1v) is 6.37. The van der Waals surface area contributed by atoms with E-state index in [0.29, 0.717) is 5.52 Å². The molecule has 0 aliphatic carbocycles. The molecular weight excluding hydrogens is 253 g/mol. The molecule has 98 valence electrons. The maximum Gasteiger partial charge on any atom is 0.127 e. The molecule has 1 unspecified atom stereocenters. The Hall–Kier alpha value is -1.13. The molecular formula is C13H17ClFN3. The summed E-state index contributed by atoms with van der Waals surface area (Å²) in [7, 11) is 4.03. The zero-order valence-electron chi connectivity index (χ0n) is 10.8. The number of imidazole rings is 1. The SMILES string of the molecule is CC(Cl)c1nc2cc(F)ccc2n1CCN(C)C. The summed E-state index contributed by atoms with van der Waals surface area (Å²) in [5, 5.41) is -0.192. The molecule has 1 atom stereocenters. The highest BCUT2D eigenvalue weighted by Crippen LogP contribution is 2.25. The van der Waals surface area contributed by atoms with Gasteiger partial charge in [-0.15, -0.1) is 11.6 Å². The quantitative estimate of drug-likeness (QED) is 0.796. The monoisotopic (exact) mass is 269 g/mol. The van der Waals surface area contributed by atoms with E-state index in [1.165, 1.54) is 12.1 Å². The number of benzene rings is 1. The van der Waals surface area contributed by atoms with Crippen LogP contribution in [0.3, 0.4) is 0 Å². The topological polar surface area (TPSA) is 21.1 Å². The molecule has 0 saturated carbocycles. The Balaban J connectivity index is 2.48. The van der Waals surface area contributed by atoms with E-state index in [9.17, 15) is 4.39 Å². The largest absolute Gasteiger partial charge is 0.325 e. The third-order valence-electron chi connectivity index (χ3n) is 2.87. The molecule has 2 rings (SSSR count). The summed E-state index contributed by atoms with van der Waals surface area (Å²) in [5.41, 5.74) is 1.59. The first-order chi connectivity index (χ1) is 8.49. The van der Waals surface area contributed by atoms with Crippen LogP contribution in [0.15, 0.2) is 18.2 Å². The van der Waals surface area contributed by atoms with Crippen molar-refractivity contribution in [1.82, 2.24) is 14.5 Å². The minimum atomic E-state index is -0.270. The lowest BCUT2D eigenvalue weighted by atomic mass is 10.3. The Kier molecular flexibility index (Phi) is 3.88. The van der Waals surface area contributed by atoms with Gasteiger partial charge in [0, 0.05) is 19.2 Å². The van der Waals surface area contributed by atoms with Gasteiger partial charge in [-0.1, -0.05) is 0 Å². The van der Waals surface area contributed by atoms with Crippen LogP contribution >= 0.6 is 11.6 Å². The van der Waals surface area contributed by atoms with Gasteiger partial charge in [-0.3, -0.25) is 0 Å². The number of alkyl halides is 1. The van der Waals surface area contributed by atoms with Gasteiger partial charge >= 0.3 is 0 Å². The average molecular weight is 270 g/mol. The van der Waals surface area contributed by atoms with Crippen molar-refractivity contribution in [1.29, 1.82) is 0 Å². The number of likely N-dealkylation sites (N-methyl/N-ethyl adjacent to an activating group) is 1. The van der Waals surface area contributed by atoms with E-state index < -0.39 is 0 Å². The molecule has 0 amide bonds. The smallest absolute Gasteiger partial charge is 0.127 e. The fourth-order valence-corrected chi connectivity index (χ4v) is 2.13. The Labute approximate surface area is 111 Å². The van der Waals surface area contributed by atoms with Gasteiger partial charge in [0.25, 0.3) is 0 Å². The lowest BCUT2D eigenvalue weighted by molar-refractivity contribution is 0.383. The molecule has 0 aliphatic heterocycles. The van der Waals surface area contributed by atoms with E-state index in [2.05, 4.69) is 14.5 Å². The van der Waals surface area contributed by atoms with Crippen molar-refractivity contribution in [3.8, 4) is 0 Å². The van der Waals surface area contributed by atoms with E-state index in [1.807, 2.05) is 21.0 Å². The fourth-order valence-electron chi connectivity index (χ4n) is 1.96. The maximum atomic E-state index is 13.2. The normalized spacial score (nSPS) is 13.4. The fraction of sp³-hybridized carbons (Fsp3) is 0.462. The molecule has 0 N–H and O–H groups in total. The van der Waals surface area contributed by atoms with Gasteiger partial charge in [-0.2, -0.15) is 0 Å². The second-order valence-electron chi connectivity index (χ2n) is 4.67. The Morgan fingerprint density at radius 3 is 2.78 bits per heavy atom. The van der Waals surface area contributed by atoms with Crippen LogP contribution in [0.2, 0.25) is 0 Å². The van der Waals surface area contributed by atoms with Gasteiger partial charge in [0.05, 0.1) is 16.4 Å². The lowest BCUT2D eigenvalue weighted by Crippen LogP contribution is -2.19. The number of aromatic nitrogens is 2. The van der Waals surface area contributed by atoms with Gasteiger partial charge in [-0.25, -0.2) is 9.37 Å². The molecule has 1 aromatic heterocycles. The molecule has 2 aromatic rings. The summed E-state index contributed by atoms with van der Waals surface area (Å²) in [6.45, 7) is 3.56. The van der Waals surface area contributed by atoms with E-state index in [1.54, 1.807) is 6.07 Å². The molecule has 18 heavy (non-hydrogen) atoms. The third kappa shape index (κ3) is 2.65. The minimum Gasteiger partial charge on any atom is -0.325 e. The van der Waals surface area contributed by atoms with Crippen LogP contribution in [-0.4, -0.2) is 35.1 Å². The van der Waals surface area contributed by atoms with Crippen molar-refractivity contribution in [3.63, 3.8) is 0 Å². The van der Waals surface area contributed by atoms with Crippen molar-refractivity contribution < 1.29 is 4.39 Å². The summed E-state index contributed by atoms with van der Waals surface area (Å²) in [6, 6.07) is 4.67. The summed E-state index contributed by atoms with van der Waals surface area (Å²) < 4.78 is 15.3. The summed E-state index contributed by atoms with van der Waals surface area (Å²) in [4.78, 5) is 6.52. The van der Waals surface area contributed by atoms with Gasteiger partial charge in [0.2, 0.25) is 0 Å². The van der Waals surface area contributed by atoms with Gasteiger partial charge in [0.15, 0.2) is 0 Å². The van der Waals surface area contributed by atoms with E-state index in [0.717, 1.165) is 24.4 Å². The van der Waals surface area contributed by atoms with Crippen LogP contribution in [0, 0.1) is 5.82 Å². The van der Waals surface area contributed by atoms with Crippen molar-refractivity contribution in [2.45, 2.75) is 18.8 Å². The summed E-state index contributed by atoms with van der Waals surface area (Å²) in [6.07, 6.45) is 0. The van der Waals surface area contributed by atoms with Crippen molar-refractivity contribution >= 4 is 22.6 Å². The van der Waals surface area contributed by atoms with Crippen molar-refractivity contribution in [2.75, 3.05) is 20.6 Å². The number of hydrogen-bond acceptors (Lipinski definition) is 2.